The molecule has 1 N–H and O–H groups in total. The Bertz CT molecular complexity index is 560. The second-order valence-electron chi connectivity index (χ2n) is 6.60. The molecule has 0 saturated heterocycles. The van der Waals surface area contributed by atoms with Crippen molar-refractivity contribution in [2.75, 3.05) is 11.9 Å². The zero-order valence-corrected chi connectivity index (χ0v) is 14.1. The molecule has 0 bridgehead atoms. The molecule has 0 saturated carbocycles. The highest BCUT2D eigenvalue weighted by Crippen LogP contribution is 2.30. The summed E-state index contributed by atoms with van der Waals surface area (Å²) < 4.78 is 5.42. The Morgan fingerprint density at radius 2 is 2.00 bits per heavy atom. The van der Waals surface area contributed by atoms with Gasteiger partial charge in [0.25, 0.3) is 0 Å². The van der Waals surface area contributed by atoms with Crippen LogP contribution in [0.4, 0.5) is 5.69 Å². The summed E-state index contributed by atoms with van der Waals surface area (Å²) in [4.78, 5) is 12.3. The van der Waals surface area contributed by atoms with Gasteiger partial charge in [0.05, 0.1) is 18.8 Å². The van der Waals surface area contributed by atoms with Crippen molar-refractivity contribution in [2.45, 2.75) is 52.9 Å². The number of rotatable bonds is 6. The Morgan fingerprint density at radius 1 is 1.27 bits per heavy atom. The van der Waals surface area contributed by atoms with Crippen molar-refractivity contribution < 1.29 is 9.53 Å². The molecule has 0 aromatic heterocycles. The minimum Gasteiger partial charge on any atom is -0.498 e. The summed E-state index contributed by atoms with van der Waals surface area (Å²) in [5, 5.41) is 3.08. The van der Waals surface area contributed by atoms with Crippen LogP contribution in [0.2, 0.25) is 0 Å². The minimum atomic E-state index is 0.0454. The van der Waals surface area contributed by atoms with Gasteiger partial charge in [-0.3, -0.25) is 4.79 Å². The number of nitrogens with one attached hydrogen (secondary N) is 1. The first-order valence-corrected chi connectivity index (χ1v) is 8.17. The average Bonchev–Trinajstić information content (AvgIpc) is 2.84. The number of carbonyl (C=O) groups is 1. The highest BCUT2D eigenvalue weighted by atomic mass is 16.5. The van der Waals surface area contributed by atoms with Gasteiger partial charge in [-0.1, -0.05) is 39.0 Å². The number of allylic oxidation sites excluding steroid dienone is 1. The molecule has 120 valence electrons. The van der Waals surface area contributed by atoms with E-state index in [0.717, 1.165) is 29.9 Å². The van der Waals surface area contributed by atoms with Crippen molar-refractivity contribution in [1.29, 1.82) is 0 Å². The minimum absolute atomic E-state index is 0.0454. The molecule has 0 spiro atoms. The van der Waals surface area contributed by atoms with Crippen molar-refractivity contribution in [3.63, 3.8) is 0 Å². The van der Waals surface area contributed by atoms with Crippen molar-refractivity contribution >= 4 is 11.6 Å². The lowest BCUT2D eigenvalue weighted by atomic mass is 9.91. The predicted octanol–water partition coefficient (Wildman–Crippen LogP) is 4.86. The molecule has 1 aliphatic heterocycles. The van der Waals surface area contributed by atoms with Gasteiger partial charge >= 0.3 is 0 Å². The number of anilines is 1. The smallest absolute Gasteiger partial charge is 0.228 e. The normalized spacial score (nSPS) is 15.9. The molecule has 0 fully saturated rings. The average molecular weight is 301 g/mol. The van der Waals surface area contributed by atoms with Gasteiger partial charge in [0, 0.05) is 12.1 Å². The lowest BCUT2D eigenvalue weighted by molar-refractivity contribution is -0.115. The number of hydrogen-bond acceptors (Lipinski definition) is 2. The van der Waals surface area contributed by atoms with Crippen molar-refractivity contribution in [3.05, 3.63) is 41.2 Å². The summed E-state index contributed by atoms with van der Waals surface area (Å²) in [5.74, 6) is 2.04. The second-order valence-corrected chi connectivity index (χ2v) is 6.60. The van der Waals surface area contributed by atoms with E-state index < -0.39 is 0 Å². The Morgan fingerprint density at radius 3 is 2.64 bits per heavy atom. The lowest BCUT2D eigenvalue weighted by Crippen LogP contribution is -2.14. The molecule has 3 heteroatoms. The third kappa shape index (κ3) is 4.36. The molecule has 3 nitrogen and oxygen atoms in total. The topological polar surface area (TPSA) is 38.3 Å². The maximum absolute atomic E-state index is 12.3. The number of hydrogen-bond donors (Lipinski definition) is 1. The SMILES string of the molecule is CC1=C(CC(=O)Nc2ccccc2C(C)CC(C)C)CCO1. The van der Waals surface area contributed by atoms with Crippen LogP contribution in [0.1, 0.15) is 58.4 Å². The molecule has 0 radical (unpaired) electrons. The Labute approximate surface area is 133 Å². The summed E-state index contributed by atoms with van der Waals surface area (Å²) in [6, 6.07) is 8.13. The quantitative estimate of drug-likeness (QED) is 0.815. The molecular formula is C19H27NO2. The maximum atomic E-state index is 12.3. The summed E-state index contributed by atoms with van der Waals surface area (Å²) in [7, 11) is 0. The van der Waals surface area contributed by atoms with Gasteiger partial charge in [-0.2, -0.15) is 0 Å². The third-order valence-corrected chi connectivity index (χ3v) is 4.18. The van der Waals surface area contributed by atoms with Crippen molar-refractivity contribution in [2.24, 2.45) is 5.92 Å². The van der Waals surface area contributed by atoms with Crippen LogP contribution in [0.5, 0.6) is 0 Å². The molecule has 1 amide bonds. The van der Waals surface area contributed by atoms with E-state index in [-0.39, 0.29) is 5.91 Å². The standard InChI is InChI=1S/C19H27NO2/c1-13(2)11-14(3)17-7-5-6-8-18(17)20-19(21)12-16-9-10-22-15(16)4/h5-8,13-14H,9-12H2,1-4H3,(H,20,21). The van der Waals surface area contributed by atoms with E-state index >= 15 is 0 Å². The van der Waals surface area contributed by atoms with E-state index in [1.54, 1.807) is 0 Å². The molecule has 1 heterocycles. The molecule has 1 atom stereocenters. The lowest BCUT2D eigenvalue weighted by Gasteiger charge is -2.18. The van der Waals surface area contributed by atoms with E-state index in [9.17, 15) is 4.79 Å². The van der Waals surface area contributed by atoms with Crippen LogP contribution in [-0.4, -0.2) is 12.5 Å². The highest BCUT2D eigenvalue weighted by molar-refractivity contribution is 5.93. The number of amides is 1. The summed E-state index contributed by atoms with van der Waals surface area (Å²) >= 11 is 0. The van der Waals surface area contributed by atoms with Crippen molar-refractivity contribution in [3.8, 4) is 0 Å². The van der Waals surface area contributed by atoms with Gasteiger partial charge in [-0.05, 0) is 42.4 Å². The Hall–Kier alpha value is -1.77. The van der Waals surface area contributed by atoms with Gasteiger partial charge in [0.15, 0.2) is 0 Å². The van der Waals surface area contributed by atoms with Gasteiger partial charge in [-0.25, -0.2) is 0 Å². The fraction of sp³-hybridized carbons (Fsp3) is 0.526. The molecule has 22 heavy (non-hydrogen) atoms. The van der Waals surface area contributed by atoms with Crippen LogP contribution in [-0.2, 0) is 9.53 Å². The number of ether oxygens (including phenoxy) is 1. The number of para-hydroxylation sites is 1. The number of carbonyl (C=O) groups excluding carboxylic acids is 1. The van der Waals surface area contributed by atoms with E-state index in [1.807, 2.05) is 25.1 Å². The van der Waals surface area contributed by atoms with Crippen LogP contribution in [0.3, 0.4) is 0 Å². The maximum Gasteiger partial charge on any atom is 0.228 e. The predicted molar refractivity (Wildman–Crippen MR) is 90.8 cm³/mol. The second kappa shape index (κ2) is 7.48. The fourth-order valence-corrected chi connectivity index (χ4v) is 3.08. The Balaban J connectivity index is 2.06. The van der Waals surface area contributed by atoms with Crippen LogP contribution in [0.25, 0.3) is 0 Å². The van der Waals surface area contributed by atoms with E-state index in [1.165, 1.54) is 5.56 Å². The third-order valence-electron chi connectivity index (χ3n) is 4.18. The summed E-state index contributed by atoms with van der Waals surface area (Å²) in [6.45, 7) is 9.33. The largest absolute Gasteiger partial charge is 0.498 e. The molecule has 1 aliphatic rings. The van der Waals surface area contributed by atoms with Gasteiger partial charge in [-0.15, -0.1) is 0 Å². The fourth-order valence-electron chi connectivity index (χ4n) is 3.08. The first-order valence-electron chi connectivity index (χ1n) is 8.17. The van der Waals surface area contributed by atoms with Crippen molar-refractivity contribution in [1.82, 2.24) is 0 Å². The van der Waals surface area contributed by atoms with Crippen LogP contribution in [0, 0.1) is 5.92 Å². The summed E-state index contributed by atoms with van der Waals surface area (Å²) in [6.07, 6.45) is 2.41. The first kappa shape index (κ1) is 16.6. The van der Waals surface area contributed by atoms with E-state index in [2.05, 4.69) is 32.2 Å². The monoisotopic (exact) mass is 301 g/mol. The van der Waals surface area contributed by atoms with Gasteiger partial charge in [0.2, 0.25) is 5.91 Å². The first-order chi connectivity index (χ1) is 10.5. The number of benzene rings is 1. The van der Waals surface area contributed by atoms with Gasteiger partial charge in [0.1, 0.15) is 0 Å². The van der Waals surface area contributed by atoms with Gasteiger partial charge < -0.3 is 10.1 Å². The summed E-state index contributed by atoms with van der Waals surface area (Å²) in [5.41, 5.74) is 3.28. The van der Waals surface area contributed by atoms with Crippen LogP contribution < -0.4 is 5.32 Å². The van der Waals surface area contributed by atoms with Crippen LogP contribution >= 0.6 is 0 Å². The molecule has 1 aromatic rings. The zero-order valence-electron chi connectivity index (χ0n) is 14.1. The molecule has 1 unspecified atom stereocenters. The molecular weight excluding hydrogens is 274 g/mol. The van der Waals surface area contributed by atoms with E-state index in [0.29, 0.717) is 24.9 Å². The highest BCUT2D eigenvalue weighted by Gasteiger charge is 2.17. The Kier molecular flexibility index (Phi) is 5.64. The molecule has 2 rings (SSSR count). The van der Waals surface area contributed by atoms with Crippen LogP contribution in [0.15, 0.2) is 35.6 Å². The molecule has 0 aliphatic carbocycles. The van der Waals surface area contributed by atoms with E-state index in [4.69, 9.17) is 4.74 Å². The molecule has 1 aromatic carbocycles. The zero-order chi connectivity index (χ0) is 16.1.